The Morgan fingerprint density at radius 1 is 1.05 bits per heavy atom. The summed E-state index contributed by atoms with van der Waals surface area (Å²) in [5.41, 5.74) is 3.28. The van der Waals surface area contributed by atoms with Crippen LogP contribution in [0.15, 0.2) is 36.4 Å². The summed E-state index contributed by atoms with van der Waals surface area (Å²) in [7, 11) is 0. The molecule has 0 fully saturated rings. The first kappa shape index (κ1) is 13.9. The van der Waals surface area contributed by atoms with E-state index in [9.17, 15) is 4.79 Å². The van der Waals surface area contributed by atoms with Crippen LogP contribution in [0.3, 0.4) is 0 Å². The summed E-state index contributed by atoms with van der Waals surface area (Å²) < 4.78 is 0. The van der Waals surface area contributed by atoms with Gasteiger partial charge in [-0.05, 0) is 49.2 Å². The minimum atomic E-state index is -0.167. The summed E-state index contributed by atoms with van der Waals surface area (Å²) in [6, 6.07) is 10.6. The maximum absolute atomic E-state index is 12.2. The molecule has 0 aliphatic heterocycles. The Balaban J connectivity index is 2.28. The summed E-state index contributed by atoms with van der Waals surface area (Å²) in [4.78, 5) is 12.2. The van der Waals surface area contributed by atoms with Gasteiger partial charge in [0, 0.05) is 21.3 Å². The standard InChI is InChI=1S/C15H13Cl2NO/c1-9-4-3-5-14(10(9)2)15(19)18-13-7-11(16)6-12(17)8-13/h3-8H,1-2H3,(H,18,19). The molecule has 2 rings (SSSR count). The number of carbonyl (C=O) groups is 1. The van der Waals surface area contributed by atoms with Crippen molar-refractivity contribution in [2.75, 3.05) is 5.32 Å². The molecule has 0 spiro atoms. The molecule has 0 bridgehead atoms. The molecule has 2 aromatic rings. The summed E-state index contributed by atoms with van der Waals surface area (Å²) in [5, 5.41) is 3.78. The SMILES string of the molecule is Cc1cccc(C(=O)Nc2cc(Cl)cc(Cl)c2)c1C. The van der Waals surface area contributed by atoms with Gasteiger partial charge in [0.2, 0.25) is 0 Å². The Bertz CT molecular complexity index is 618. The molecular formula is C15H13Cl2NO. The maximum atomic E-state index is 12.2. The van der Waals surface area contributed by atoms with Gasteiger partial charge in [0.1, 0.15) is 0 Å². The fourth-order valence-corrected chi connectivity index (χ4v) is 2.35. The third-order valence-corrected chi connectivity index (χ3v) is 3.41. The molecule has 19 heavy (non-hydrogen) atoms. The van der Waals surface area contributed by atoms with E-state index in [1.54, 1.807) is 24.3 Å². The van der Waals surface area contributed by atoms with Gasteiger partial charge in [-0.15, -0.1) is 0 Å². The first-order chi connectivity index (χ1) is 8.97. The zero-order valence-electron chi connectivity index (χ0n) is 10.6. The highest BCUT2D eigenvalue weighted by molar-refractivity contribution is 6.35. The summed E-state index contributed by atoms with van der Waals surface area (Å²) >= 11 is 11.8. The van der Waals surface area contributed by atoms with Crippen molar-refractivity contribution in [3.8, 4) is 0 Å². The van der Waals surface area contributed by atoms with E-state index in [1.165, 1.54) is 0 Å². The van der Waals surface area contributed by atoms with Gasteiger partial charge in [-0.25, -0.2) is 0 Å². The minimum Gasteiger partial charge on any atom is -0.322 e. The van der Waals surface area contributed by atoms with Gasteiger partial charge in [-0.1, -0.05) is 35.3 Å². The van der Waals surface area contributed by atoms with Crippen LogP contribution in [-0.4, -0.2) is 5.91 Å². The Kier molecular flexibility index (Phi) is 4.13. The van der Waals surface area contributed by atoms with Crippen LogP contribution in [0.25, 0.3) is 0 Å². The highest BCUT2D eigenvalue weighted by Gasteiger charge is 2.10. The van der Waals surface area contributed by atoms with Crippen LogP contribution >= 0.6 is 23.2 Å². The van der Waals surface area contributed by atoms with Crippen molar-refractivity contribution in [2.45, 2.75) is 13.8 Å². The molecule has 1 N–H and O–H groups in total. The number of rotatable bonds is 2. The summed E-state index contributed by atoms with van der Waals surface area (Å²) in [6.45, 7) is 3.90. The first-order valence-electron chi connectivity index (χ1n) is 5.81. The molecule has 2 nitrogen and oxygen atoms in total. The molecule has 0 heterocycles. The number of anilines is 1. The first-order valence-corrected chi connectivity index (χ1v) is 6.56. The van der Waals surface area contributed by atoms with Crippen LogP contribution < -0.4 is 5.32 Å². The fraction of sp³-hybridized carbons (Fsp3) is 0.133. The van der Waals surface area contributed by atoms with Gasteiger partial charge < -0.3 is 5.32 Å². The highest BCUT2D eigenvalue weighted by atomic mass is 35.5. The van der Waals surface area contributed by atoms with Crippen LogP contribution in [-0.2, 0) is 0 Å². The molecule has 0 aliphatic rings. The number of benzene rings is 2. The van der Waals surface area contributed by atoms with Crippen LogP contribution in [0.1, 0.15) is 21.5 Å². The Hall–Kier alpha value is -1.51. The second-order valence-corrected chi connectivity index (χ2v) is 5.23. The van der Waals surface area contributed by atoms with Crippen LogP contribution in [0.4, 0.5) is 5.69 Å². The van der Waals surface area contributed by atoms with Crippen LogP contribution in [0, 0.1) is 13.8 Å². The molecule has 1 amide bonds. The van der Waals surface area contributed by atoms with E-state index in [2.05, 4.69) is 5.32 Å². The van der Waals surface area contributed by atoms with Crippen molar-refractivity contribution in [1.82, 2.24) is 0 Å². The highest BCUT2D eigenvalue weighted by Crippen LogP contribution is 2.23. The van der Waals surface area contributed by atoms with Gasteiger partial charge in [0.05, 0.1) is 0 Å². The largest absolute Gasteiger partial charge is 0.322 e. The summed E-state index contributed by atoms with van der Waals surface area (Å²) in [6.07, 6.45) is 0. The molecule has 0 unspecified atom stereocenters. The van der Waals surface area contributed by atoms with Crippen molar-refractivity contribution in [2.24, 2.45) is 0 Å². The molecule has 98 valence electrons. The molecule has 4 heteroatoms. The van der Waals surface area contributed by atoms with Crippen molar-refractivity contribution < 1.29 is 4.79 Å². The zero-order chi connectivity index (χ0) is 14.0. The molecule has 0 aliphatic carbocycles. The Labute approximate surface area is 122 Å². The predicted octanol–water partition coefficient (Wildman–Crippen LogP) is 4.86. The number of hydrogen-bond donors (Lipinski definition) is 1. The number of hydrogen-bond acceptors (Lipinski definition) is 1. The fourth-order valence-electron chi connectivity index (χ4n) is 1.82. The van der Waals surface area contributed by atoms with Gasteiger partial charge in [0.15, 0.2) is 0 Å². The smallest absolute Gasteiger partial charge is 0.255 e. The molecular weight excluding hydrogens is 281 g/mol. The van der Waals surface area contributed by atoms with E-state index in [0.717, 1.165) is 11.1 Å². The Morgan fingerprint density at radius 2 is 1.68 bits per heavy atom. The molecule has 0 saturated carbocycles. The van der Waals surface area contributed by atoms with Gasteiger partial charge >= 0.3 is 0 Å². The number of nitrogens with one attached hydrogen (secondary N) is 1. The van der Waals surface area contributed by atoms with Gasteiger partial charge in [0.25, 0.3) is 5.91 Å². The average molecular weight is 294 g/mol. The van der Waals surface area contributed by atoms with E-state index >= 15 is 0 Å². The average Bonchev–Trinajstić information content (AvgIpc) is 2.31. The third kappa shape index (κ3) is 3.28. The van der Waals surface area contributed by atoms with E-state index in [4.69, 9.17) is 23.2 Å². The lowest BCUT2D eigenvalue weighted by Crippen LogP contribution is -2.13. The van der Waals surface area contributed by atoms with Crippen molar-refractivity contribution in [3.63, 3.8) is 0 Å². The molecule has 0 radical (unpaired) electrons. The quantitative estimate of drug-likeness (QED) is 0.841. The van der Waals surface area contributed by atoms with Gasteiger partial charge in [-0.3, -0.25) is 4.79 Å². The van der Waals surface area contributed by atoms with Crippen LogP contribution in [0.5, 0.6) is 0 Å². The normalized spacial score (nSPS) is 10.3. The molecule has 2 aromatic carbocycles. The van der Waals surface area contributed by atoms with Crippen molar-refractivity contribution >= 4 is 34.8 Å². The zero-order valence-corrected chi connectivity index (χ0v) is 12.1. The molecule has 0 atom stereocenters. The van der Waals surface area contributed by atoms with Crippen molar-refractivity contribution in [3.05, 3.63) is 63.1 Å². The van der Waals surface area contributed by atoms with E-state index < -0.39 is 0 Å². The minimum absolute atomic E-state index is 0.167. The molecule has 0 aromatic heterocycles. The number of halogens is 2. The monoisotopic (exact) mass is 293 g/mol. The van der Waals surface area contributed by atoms with E-state index in [-0.39, 0.29) is 5.91 Å². The topological polar surface area (TPSA) is 29.1 Å². The number of amides is 1. The lowest BCUT2D eigenvalue weighted by Gasteiger charge is -2.10. The lowest BCUT2D eigenvalue weighted by molar-refractivity contribution is 0.102. The predicted molar refractivity (Wildman–Crippen MR) is 80.3 cm³/mol. The third-order valence-electron chi connectivity index (χ3n) is 2.97. The summed E-state index contributed by atoms with van der Waals surface area (Å²) in [5.74, 6) is -0.167. The lowest BCUT2D eigenvalue weighted by atomic mass is 10.0. The van der Waals surface area contributed by atoms with E-state index in [0.29, 0.717) is 21.3 Å². The van der Waals surface area contributed by atoms with Gasteiger partial charge in [-0.2, -0.15) is 0 Å². The second kappa shape index (κ2) is 5.64. The second-order valence-electron chi connectivity index (χ2n) is 4.36. The number of carbonyl (C=O) groups excluding carboxylic acids is 1. The Morgan fingerprint density at radius 3 is 2.32 bits per heavy atom. The molecule has 0 saturated heterocycles. The number of aryl methyl sites for hydroxylation is 1. The van der Waals surface area contributed by atoms with Crippen molar-refractivity contribution in [1.29, 1.82) is 0 Å². The van der Waals surface area contributed by atoms with Crippen LogP contribution in [0.2, 0.25) is 10.0 Å². The van der Waals surface area contributed by atoms with E-state index in [1.807, 2.05) is 26.0 Å². The maximum Gasteiger partial charge on any atom is 0.255 e.